The molecule has 0 radical (unpaired) electrons. The van der Waals surface area contributed by atoms with Crippen molar-refractivity contribution in [3.8, 4) is 11.1 Å². The third-order valence-corrected chi connectivity index (χ3v) is 8.05. The highest BCUT2D eigenvalue weighted by Crippen LogP contribution is 2.37. The van der Waals surface area contributed by atoms with Gasteiger partial charge in [0.2, 0.25) is 0 Å². The quantitative estimate of drug-likeness (QED) is 0.250. The van der Waals surface area contributed by atoms with Crippen molar-refractivity contribution in [2.24, 2.45) is 0 Å². The van der Waals surface area contributed by atoms with Crippen molar-refractivity contribution < 1.29 is 25.9 Å². The van der Waals surface area contributed by atoms with Gasteiger partial charge in [-0.15, -0.1) is 0 Å². The SMILES string of the molecule is CCN(CC)CC.CCN(CC)CC.Cc1cc(-c2cc(C)c(N)cc2S(=O)(=O)O)c(S(=O)(=O)O)cc1N. The van der Waals surface area contributed by atoms with Crippen LogP contribution < -0.4 is 11.5 Å². The van der Waals surface area contributed by atoms with E-state index in [2.05, 4.69) is 51.3 Å². The molecule has 0 aliphatic heterocycles. The summed E-state index contributed by atoms with van der Waals surface area (Å²) in [5.41, 5.74) is 12.3. The third kappa shape index (κ3) is 10.9. The highest BCUT2D eigenvalue weighted by Gasteiger charge is 2.25. The molecule has 0 bridgehead atoms. The second-order valence-electron chi connectivity index (χ2n) is 8.60. The Morgan fingerprint density at radius 2 is 0.816 bits per heavy atom. The van der Waals surface area contributed by atoms with Gasteiger partial charge in [0.05, 0.1) is 0 Å². The molecule has 2 rings (SSSR count). The predicted molar refractivity (Wildman–Crippen MR) is 157 cm³/mol. The summed E-state index contributed by atoms with van der Waals surface area (Å²) in [5, 5.41) is 0. The number of anilines is 2. The number of nitrogens with two attached hydrogens (primary N) is 2. The number of hydrogen-bond donors (Lipinski definition) is 4. The van der Waals surface area contributed by atoms with Crippen LogP contribution in [0.15, 0.2) is 34.1 Å². The molecule has 2 aromatic carbocycles. The highest BCUT2D eigenvalue weighted by atomic mass is 32.2. The Hall–Kier alpha value is -2.22. The molecule has 2 aromatic rings. The van der Waals surface area contributed by atoms with Gasteiger partial charge < -0.3 is 21.3 Å². The first-order valence-electron chi connectivity index (χ1n) is 12.7. The maximum atomic E-state index is 11.7. The molecule has 0 aromatic heterocycles. The molecule has 0 saturated carbocycles. The lowest BCUT2D eigenvalue weighted by atomic mass is 10.00. The summed E-state index contributed by atoms with van der Waals surface area (Å²) in [6.07, 6.45) is 0. The standard InChI is InChI=1S/C14H16N2O6S2.2C6H15N/c1-7-3-9(13(5-11(7)15)23(17,18)19)10-4-8(2)12(16)6-14(10)24(20,21)22;2*1-4-7(5-2)6-3/h3-6H,15-16H2,1-2H3,(H,17,18,19)(H,20,21,22);2*4-6H2,1-3H3. The topological polar surface area (TPSA) is 167 Å². The van der Waals surface area contributed by atoms with E-state index in [1.165, 1.54) is 51.4 Å². The Morgan fingerprint density at radius 1 is 0.579 bits per heavy atom. The molecule has 218 valence electrons. The van der Waals surface area contributed by atoms with E-state index in [-0.39, 0.29) is 22.5 Å². The summed E-state index contributed by atoms with van der Waals surface area (Å²) in [6.45, 7) is 23.4. The molecule has 0 fully saturated rings. The molecule has 10 nitrogen and oxygen atoms in total. The van der Waals surface area contributed by atoms with Gasteiger partial charge in [0.1, 0.15) is 9.79 Å². The van der Waals surface area contributed by atoms with Crippen LogP contribution in [0, 0.1) is 13.8 Å². The van der Waals surface area contributed by atoms with Crippen LogP contribution in [0.4, 0.5) is 11.4 Å². The van der Waals surface area contributed by atoms with Crippen LogP contribution in [0.2, 0.25) is 0 Å². The summed E-state index contributed by atoms with van der Waals surface area (Å²) in [6, 6.07) is 4.69. The molecule has 0 heterocycles. The molecule has 0 aliphatic carbocycles. The average molecular weight is 575 g/mol. The van der Waals surface area contributed by atoms with E-state index in [9.17, 15) is 25.9 Å². The predicted octanol–water partition coefficient (Wildman–Crippen LogP) is 4.32. The first kappa shape index (κ1) is 35.8. The van der Waals surface area contributed by atoms with Gasteiger partial charge in [-0.05, 0) is 88.5 Å². The van der Waals surface area contributed by atoms with Gasteiger partial charge in [-0.25, -0.2) is 0 Å². The number of nitrogen functional groups attached to an aromatic ring is 2. The minimum absolute atomic E-state index is 0.104. The summed E-state index contributed by atoms with van der Waals surface area (Å²) < 4.78 is 65.6. The van der Waals surface area contributed by atoms with Crippen LogP contribution in [-0.2, 0) is 20.2 Å². The summed E-state index contributed by atoms with van der Waals surface area (Å²) in [7, 11) is -9.39. The molecule has 0 aliphatic rings. The van der Waals surface area contributed by atoms with Gasteiger partial charge in [-0.3, -0.25) is 9.11 Å². The number of rotatable bonds is 9. The Balaban J connectivity index is 0.000000804. The number of nitrogens with zero attached hydrogens (tertiary/aromatic N) is 2. The fraction of sp³-hybridized carbons (Fsp3) is 0.538. The van der Waals surface area contributed by atoms with Crippen LogP contribution in [-0.4, -0.2) is 75.0 Å². The number of benzene rings is 2. The zero-order valence-corrected chi connectivity index (χ0v) is 25.6. The van der Waals surface area contributed by atoms with E-state index in [4.69, 9.17) is 11.5 Å². The summed E-state index contributed by atoms with van der Waals surface area (Å²) in [4.78, 5) is 3.61. The van der Waals surface area contributed by atoms with Gasteiger partial charge in [0.25, 0.3) is 20.2 Å². The molecular formula is C26H46N4O6S2. The molecule has 0 spiro atoms. The van der Waals surface area contributed by atoms with Crippen molar-refractivity contribution in [2.45, 2.75) is 65.2 Å². The van der Waals surface area contributed by atoms with Crippen LogP contribution in [0.1, 0.15) is 52.7 Å². The van der Waals surface area contributed by atoms with Crippen molar-refractivity contribution in [2.75, 3.05) is 50.7 Å². The van der Waals surface area contributed by atoms with Crippen molar-refractivity contribution >= 4 is 31.6 Å². The fourth-order valence-corrected chi connectivity index (χ4v) is 5.04. The monoisotopic (exact) mass is 574 g/mol. The second kappa shape index (κ2) is 16.0. The van der Waals surface area contributed by atoms with Gasteiger partial charge in [0.15, 0.2) is 0 Å². The Bertz CT molecular complexity index is 1130. The molecule has 6 N–H and O–H groups in total. The lowest BCUT2D eigenvalue weighted by Crippen LogP contribution is -2.21. The lowest BCUT2D eigenvalue weighted by Gasteiger charge is -2.15. The Labute approximate surface area is 229 Å². The molecule has 0 unspecified atom stereocenters. The van der Waals surface area contributed by atoms with Crippen molar-refractivity contribution in [3.05, 3.63) is 35.4 Å². The van der Waals surface area contributed by atoms with Crippen molar-refractivity contribution in [3.63, 3.8) is 0 Å². The van der Waals surface area contributed by atoms with Crippen LogP contribution >= 0.6 is 0 Å². The first-order chi connectivity index (χ1) is 17.5. The maximum absolute atomic E-state index is 11.7. The lowest BCUT2D eigenvalue weighted by molar-refractivity contribution is 0.321. The number of hydrogen-bond acceptors (Lipinski definition) is 8. The zero-order chi connectivity index (χ0) is 29.8. The normalized spacial score (nSPS) is 11.6. The first-order valence-corrected chi connectivity index (χ1v) is 15.6. The average Bonchev–Trinajstić information content (AvgIpc) is 2.84. The van der Waals surface area contributed by atoms with E-state index < -0.39 is 30.0 Å². The van der Waals surface area contributed by atoms with Crippen LogP contribution in [0.25, 0.3) is 11.1 Å². The van der Waals surface area contributed by atoms with Gasteiger partial charge >= 0.3 is 0 Å². The molecular weight excluding hydrogens is 528 g/mol. The minimum atomic E-state index is -4.69. The molecule has 0 saturated heterocycles. The molecule has 0 amide bonds. The van der Waals surface area contributed by atoms with Crippen molar-refractivity contribution in [1.82, 2.24) is 9.80 Å². The van der Waals surface area contributed by atoms with E-state index in [0.717, 1.165) is 12.1 Å². The molecule has 0 atom stereocenters. The van der Waals surface area contributed by atoms with Gasteiger partial charge in [0, 0.05) is 22.5 Å². The van der Waals surface area contributed by atoms with E-state index in [1.54, 1.807) is 13.8 Å². The van der Waals surface area contributed by atoms with Crippen LogP contribution in [0.3, 0.4) is 0 Å². The van der Waals surface area contributed by atoms with E-state index in [1.807, 2.05) is 0 Å². The maximum Gasteiger partial charge on any atom is 0.295 e. The smallest absolute Gasteiger partial charge is 0.295 e. The van der Waals surface area contributed by atoms with Crippen molar-refractivity contribution in [1.29, 1.82) is 0 Å². The van der Waals surface area contributed by atoms with E-state index in [0.29, 0.717) is 11.1 Å². The van der Waals surface area contributed by atoms with Gasteiger partial charge in [-0.2, -0.15) is 16.8 Å². The highest BCUT2D eigenvalue weighted by molar-refractivity contribution is 7.86. The van der Waals surface area contributed by atoms with E-state index >= 15 is 0 Å². The zero-order valence-electron chi connectivity index (χ0n) is 23.9. The summed E-state index contributed by atoms with van der Waals surface area (Å²) >= 11 is 0. The third-order valence-electron chi connectivity index (χ3n) is 6.27. The Morgan fingerprint density at radius 3 is 0.974 bits per heavy atom. The fourth-order valence-electron chi connectivity index (χ4n) is 3.60. The Kier molecular flexibility index (Phi) is 15.1. The minimum Gasteiger partial charge on any atom is -0.398 e. The molecule has 38 heavy (non-hydrogen) atoms. The summed E-state index contributed by atoms with van der Waals surface area (Å²) in [5.74, 6) is 0. The van der Waals surface area contributed by atoms with Gasteiger partial charge in [-0.1, -0.05) is 41.5 Å². The molecule has 12 heteroatoms. The second-order valence-corrected chi connectivity index (χ2v) is 11.4. The number of aryl methyl sites for hydroxylation is 2. The van der Waals surface area contributed by atoms with Crippen LogP contribution in [0.5, 0.6) is 0 Å². The largest absolute Gasteiger partial charge is 0.398 e.